The van der Waals surface area contributed by atoms with Crippen LogP contribution >= 0.6 is 23.2 Å². The van der Waals surface area contributed by atoms with E-state index in [9.17, 15) is 28.7 Å². The molecule has 0 spiro atoms. The van der Waals surface area contributed by atoms with Crippen LogP contribution in [0.15, 0.2) is 115 Å². The third-order valence-electron chi connectivity index (χ3n) is 10.7. The number of benzene rings is 4. The number of rotatable bonds is 7. The Morgan fingerprint density at radius 2 is 1.47 bits per heavy atom. The van der Waals surface area contributed by atoms with E-state index in [1.54, 1.807) is 12.1 Å². The second-order valence-corrected chi connectivity index (χ2v) is 14.7. The second kappa shape index (κ2) is 12.4. The Morgan fingerprint density at radius 1 is 0.804 bits per heavy atom. The van der Waals surface area contributed by atoms with Gasteiger partial charge in [0.05, 0.1) is 24.1 Å². The fraction of sp³-hybridized carbons (Fsp3) is 0.250. The number of halogens is 3. The zero-order chi connectivity index (χ0) is 35.7. The van der Waals surface area contributed by atoms with Gasteiger partial charge in [0, 0.05) is 17.5 Å². The van der Waals surface area contributed by atoms with Gasteiger partial charge in [0.2, 0.25) is 11.8 Å². The molecule has 51 heavy (non-hydrogen) atoms. The molecule has 1 N–H and O–H groups in total. The van der Waals surface area contributed by atoms with Crippen LogP contribution < -0.4 is 9.64 Å². The highest BCUT2D eigenvalue weighted by molar-refractivity contribution is 6.58. The van der Waals surface area contributed by atoms with Crippen molar-refractivity contribution in [3.63, 3.8) is 0 Å². The number of imide groups is 2. The molecule has 2 aliphatic heterocycles. The number of phenolic OH excluding ortho intramolecular Hbond substituents is 1. The first kappa shape index (κ1) is 33.2. The SMILES string of the molecule is O=C1[C@H]2[C@H](CC=C3[C@H]2C[C@@]2(Cl)C(=O)N(c4ccc(F)cc4)C(=O)[C@@]2(Cl)[C@H]3c2ccc(OCc3ccccc3)cc2O)C(=O)N1Cc1ccccc1. The zero-order valence-corrected chi connectivity index (χ0v) is 28.6. The van der Waals surface area contributed by atoms with Crippen molar-refractivity contribution in [1.82, 2.24) is 4.90 Å². The van der Waals surface area contributed by atoms with Crippen LogP contribution in [0.1, 0.15) is 35.4 Å². The Labute approximate surface area is 303 Å². The average Bonchev–Trinajstić information content (AvgIpc) is 3.46. The summed E-state index contributed by atoms with van der Waals surface area (Å²) in [7, 11) is 0. The van der Waals surface area contributed by atoms with E-state index in [2.05, 4.69) is 0 Å². The predicted molar refractivity (Wildman–Crippen MR) is 187 cm³/mol. The first-order valence-electron chi connectivity index (χ1n) is 16.6. The molecule has 3 fully saturated rings. The van der Waals surface area contributed by atoms with Crippen molar-refractivity contribution in [3.05, 3.63) is 137 Å². The molecule has 4 amide bonds. The number of amides is 4. The molecule has 0 radical (unpaired) electrons. The van der Waals surface area contributed by atoms with E-state index in [-0.39, 0.29) is 48.9 Å². The standard InChI is InChI=1S/C40H31Cl2FN2O6/c41-39-20-31-28(17-18-30-33(31)36(48)44(35(30)47)21-23-7-3-1-4-8-23)34(29-16-15-27(19-32(29)46)51-22-24-9-5-2-6-10-24)40(39,42)38(50)45(37(39)49)26-13-11-25(43)12-14-26/h1-17,19,30-31,33-34,46H,18,20-22H2/t30-,31+,33-,34+,39+,40-/m0/s1. The fourth-order valence-corrected chi connectivity index (χ4v) is 9.26. The summed E-state index contributed by atoms with van der Waals surface area (Å²) < 4.78 is 19.9. The van der Waals surface area contributed by atoms with Gasteiger partial charge >= 0.3 is 0 Å². The van der Waals surface area contributed by atoms with E-state index < -0.39 is 57.0 Å². The number of hydrogen-bond acceptors (Lipinski definition) is 6. The van der Waals surface area contributed by atoms with Gasteiger partial charge in [-0.15, -0.1) is 23.2 Å². The normalized spacial score (nSPS) is 28.3. The minimum Gasteiger partial charge on any atom is -0.508 e. The number of aromatic hydroxyl groups is 1. The smallest absolute Gasteiger partial charge is 0.258 e. The highest BCUT2D eigenvalue weighted by atomic mass is 35.5. The molecule has 2 saturated heterocycles. The molecule has 4 aromatic rings. The zero-order valence-electron chi connectivity index (χ0n) is 27.0. The first-order valence-corrected chi connectivity index (χ1v) is 17.4. The van der Waals surface area contributed by atoms with Gasteiger partial charge in [0.15, 0.2) is 9.75 Å². The Kier molecular flexibility index (Phi) is 8.03. The van der Waals surface area contributed by atoms with Crippen LogP contribution in [0.3, 0.4) is 0 Å². The number of carbonyl (C=O) groups is 4. The monoisotopic (exact) mass is 724 g/mol. The number of carbonyl (C=O) groups excluding carboxylic acids is 4. The highest BCUT2D eigenvalue weighted by Gasteiger charge is 2.76. The third kappa shape index (κ3) is 5.08. The Bertz CT molecular complexity index is 2110. The molecule has 2 aliphatic carbocycles. The second-order valence-electron chi connectivity index (χ2n) is 13.5. The number of phenols is 1. The Hall–Kier alpha value is -4.99. The van der Waals surface area contributed by atoms with Gasteiger partial charge in [-0.3, -0.25) is 24.1 Å². The van der Waals surface area contributed by atoms with Crippen molar-refractivity contribution in [2.24, 2.45) is 17.8 Å². The summed E-state index contributed by atoms with van der Waals surface area (Å²) in [5.41, 5.74) is 2.52. The molecule has 2 heterocycles. The van der Waals surface area contributed by atoms with E-state index in [0.29, 0.717) is 11.3 Å². The van der Waals surface area contributed by atoms with Gasteiger partial charge in [-0.05, 0) is 60.2 Å². The Balaban J connectivity index is 1.22. The predicted octanol–water partition coefficient (Wildman–Crippen LogP) is 6.87. The topological polar surface area (TPSA) is 104 Å². The minimum atomic E-state index is -2.17. The summed E-state index contributed by atoms with van der Waals surface area (Å²) in [4.78, 5) is 54.9. The molecule has 4 aromatic carbocycles. The van der Waals surface area contributed by atoms with Gasteiger partial charge in [0.25, 0.3) is 11.8 Å². The first-order chi connectivity index (χ1) is 24.5. The van der Waals surface area contributed by atoms with E-state index >= 15 is 0 Å². The lowest BCUT2D eigenvalue weighted by Gasteiger charge is -2.50. The van der Waals surface area contributed by atoms with Crippen LogP contribution in [-0.2, 0) is 32.3 Å². The van der Waals surface area contributed by atoms with Crippen molar-refractivity contribution in [2.45, 2.75) is 41.7 Å². The van der Waals surface area contributed by atoms with Crippen LogP contribution in [0.2, 0.25) is 0 Å². The lowest BCUT2D eigenvalue weighted by Crippen LogP contribution is -2.60. The van der Waals surface area contributed by atoms with Gasteiger partial charge in [-0.2, -0.15) is 0 Å². The minimum absolute atomic E-state index is 0.0736. The summed E-state index contributed by atoms with van der Waals surface area (Å²) in [5, 5.41) is 11.6. The van der Waals surface area contributed by atoms with E-state index in [1.165, 1.54) is 23.1 Å². The number of anilines is 1. The molecular weight excluding hydrogens is 694 g/mol. The van der Waals surface area contributed by atoms with Crippen molar-refractivity contribution < 1.29 is 33.4 Å². The third-order valence-corrected chi connectivity index (χ3v) is 12.1. The summed E-state index contributed by atoms with van der Waals surface area (Å²) in [6.45, 7) is 0.322. The number of allylic oxidation sites excluding steroid dienone is 2. The number of hydrogen-bond donors (Lipinski definition) is 1. The number of fused-ring (bicyclic) bond motifs is 4. The number of nitrogens with zero attached hydrogens (tertiary/aromatic N) is 2. The van der Waals surface area contributed by atoms with Crippen LogP contribution in [-0.4, -0.2) is 43.4 Å². The molecule has 1 saturated carbocycles. The molecule has 0 aromatic heterocycles. The number of ether oxygens (including phenoxy) is 1. The lowest BCUT2D eigenvalue weighted by atomic mass is 9.56. The van der Waals surface area contributed by atoms with Gasteiger partial charge < -0.3 is 9.84 Å². The quantitative estimate of drug-likeness (QED) is 0.127. The molecule has 258 valence electrons. The molecule has 6 atom stereocenters. The highest BCUT2D eigenvalue weighted by Crippen LogP contribution is 2.66. The van der Waals surface area contributed by atoms with Gasteiger partial charge in [-0.25, -0.2) is 9.29 Å². The lowest BCUT2D eigenvalue weighted by molar-refractivity contribution is -0.141. The molecule has 0 bridgehead atoms. The summed E-state index contributed by atoms with van der Waals surface area (Å²) in [5.74, 6) is -6.41. The molecule has 8 nitrogen and oxygen atoms in total. The average molecular weight is 726 g/mol. The van der Waals surface area contributed by atoms with Crippen molar-refractivity contribution >= 4 is 52.5 Å². The van der Waals surface area contributed by atoms with Crippen molar-refractivity contribution in [1.29, 1.82) is 0 Å². The summed E-state index contributed by atoms with van der Waals surface area (Å²) in [6.07, 6.45) is 1.78. The Morgan fingerprint density at radius 3 is 2.14 bits per heavy atom. The van der Waals surface area contributed by atoms with Gasteiger partial charge in [-0.1, -0.05) is 78.4 Å². The molecule has 11 heteroatoms. The molecule has 0 unspecified atom stereocenters. The van der Waals surface area contributed by atoms with Crippen LogP contribution in [0.25, 0.3) is 0 Å². The number of likely N-dealkylation sites (tertiary alicyclic amines) is 1. The largest absolute Gasteiger partial charge is 0.508 e. The molecule has 4 aliphatic rings. The van der Waals surface area contributed by atoms with E-state index in [1.807, 2.05) is 66.7 Å². The van der Waals surface area contributed by atoms with Gasteiger partial charge in [0.1, 0.15) is 23.9 Å². The van der Waals surface area contributed by atoms with Crippen LogP contribution in [0.5, 0.6) is 11.5 Å². The fourth-order valence-electron chi connectivity index (χ4n) is 8.33. The van der Waals surface area contributed by atoms with E-state index in [4.69, 9.17) is 27.9 Å². The summed E-state index contributed by atoms with van der Waals surface area (Å²) in [6, 6.07) is 28.1. The van der Waals surface area contributed by atoms with Crippen LogP contribution in [0, 0.1) is 23.6 Å². The van der Waals surface area contributed by atoms with Crippen molar-refractivity contribution in [2.75, 3.05) is 4.90 Å². The maximum absolute atomic E-state index is 14.6. The molecule has 8 rings (SSSR count). The maximum atomic E-state index is 14.6. The van der Waals surface area contributed by atoms with Crippen LogP contribution in [0.4, 0.5) is 10.1 Å². The summed E-state index contributed by atoms with van der Waals surface area (Å²) >= 11 is 14.9. The maximum Gasteiger partial charge on any atom is 0.258 e. The van der Waals surface area contributed by atoms with Crippen molar-refractivity contribution in [3.8, 4) is 11.5 Å². The number of alkyl halides is 2. The van der Waals surface area contributed by atoms with E-state index in [0.717, 1.165) is 28.2 Å². The molecular formula is C40H31Cl2FN2O6.